The lowest BCUT2D eigenvalue weighted by atomic mass is 10.0. The first-order valence-electron chi connectivity index (χ1n) is 7.05. The first-order chi connectivity index (χ1) is 11.0. The quantitative estimate of drug-likeness (QED) is 0.592. The zero-order valence-electron chi connectivity index (χ0n) is 12.5. The van der Waals surface area contributed by atoms with Crippen molar-refractivity contribution < 1.29 is 13.7 Å². The largest absolute Gasteiger partial charge is 0.465 e. The molecule has 0 aliphatic heterocycles. The maximum absolute atomic E-state index is 12.8. The summed E-state index contributed by atoms with van der Waals surface area (Å²) in [5.41, 5.74) is 1.80. The van der Waals surface area contributed by atoms with Gasteiger partial charge >= 0.3 is 5.97 Å². The van der Waals surface area contributed by atoms with Crippen LogP contribution in [0.15, 0.2) is 57.5 Å². The van der Waals surface area contributed by atoms with Crippen molar-refractivity contribution in [2.75, 3.05) is 12.4 Å². The SMILES string of the molecule is CCOC(=O)CS(=O)C(c1ccc(Br)cc1)c1ccc(Br)cc1. The number of ether oxygens (including phenoxy) is 1. The predicted octanol–water partition coefficient (Wildman–Crippen LogP) is 4.61. The van der Waals surface area contributed by atoms with E-state index in [-0.39, 0.29) is 17.6 Å². The highest BCUT2D eigenvalue weighted by molar-refractivity contribution is 9.10. The third kappa shape index (κ3) is 5.26. The van der Waals surface area contributed by atoms with Crippen LogP contribution in [0.3, 0.4) is 0 Å². The normalized spacial score (nSPS) is 12.2. The summed E-state index contributed by atoms with van der Waals surface area (Å²) in [4.78, 5) is 11.7. The number of benzene rings is 2. The molecule has 23 heavy (non-hydrogen) atoms. The first kappa shape index (κ1) is 18.4. The van der Waals surface area contributed by atoms with Crippen LogP contribution >= 0.6 is 31.9 Å². The van der Waals surface area contributed by atoms with Crippen molar-refractivity contribution >= 4 is 48.6 Å². The first-order valence-corrected chi connectivity index (χ1v) is 10.0. The van der Waals surface area contributed by atoms with Crippen molar-refractivity contribution in [2.24, 2.45) is 0 Å². The lowest BCUT2D eigenvalue weighted by molar-refractivity contribution is -0.139. The molecule has 0 aromatic heterocycles. The van der Waals surface area contributed by atoms with Crippen molar-refractivity contribution in [3.8, 4) is 0 Å². The van der Waals surface area contributed by atoms with Crippen LogP contribution in [0.2, 0.25) is 0 Å². The van der Waals surface area contributed by atoms with Gasteiger partial charge in [0.1, 0.15) is 5.75 Å². The fourth-order valence-corrected chi connectivity index (χ4v) is 4.11. The van der Waals surface area contributed by atoms with Crippen LogP contribution in [0.4, 0.5) is 0 Å². The van der Waals surface area contributed by atoms with Gasteiger partial charge in [-0.1, -0.05) is 56.1 Å². The Hall–Kier alpha value is -0.980. The zero-order valence-corrected chi connectivity index (χ0v) is 16.5. The fraction of sp³-hybridized carbons (Fsp3) is 0.235. The fourth-order valence-electron chi connectivity index (χ4n) is 2.17. The highest BCUT2D eigenvalue weighted by Gasteiger charge is 2.24. The molecule has 1 unspecified atom stereocenters. The second kappa shape index (κ2) is 8.76. The van der Waals surface area contributed by atoms with Crippen molar-refractivity contribution in [3.63, 3.8) is 0 Å². The van der Waals surface area contributed by atoms with E-state index in [1.54, 1.807) is 6.92 Å². The lowest BCUT2D eigenvalue weighted by Crippen LogP contribution is -2.19. The molecule has 0 N–H and O–H groups in total. The molecule has 2 aromatic carbocycles. The topological polar surface area (TPSA) is 43.4 Å². The average Bonchev–Trinajstić information content (AvgIpc) is 2.51. The minimum Gasteiger partial charge on any atom is -0.465 e. The van der Waals surface area contributed by atoms with Gasteiger partial charge in [0.2, 0.25) is 0 Å². The third-order valence-corrected chi connectivity index (χ3v) is 5.82. The predicted molar refractivity (Wildman–Crippen MR) is 99.8 cm³/mol. The Labute approximate surface area is 155 Å². The van der Waals surface area contributed by atoms with E-state index in [0.29, 0.717) is 0 Å². The molecule has 122 valence electrons. The minimum absolute atomic E-state index is 0.120. The Morgan fingerprint density at radius 1 is 1.00 bits per heavy atom. The summed E-state index contributed by atoms with van der Waals surface area (Å²) < 4.78 is 19.6. The molecule has 3 nitrogen and oxygen atoms in total. The molecule has 2 aromatic rings. The molecule has 0 spiro atoms. The van der Waals surface area contributed by atoms with Gasteiger partial charge < -0.3 is 4.74 Å². The average molecular weight is 460 g/mol. The number of esters is 1. The second-order valence-electron chi connectivity index (χ2n) is 4.81. The monoisotopic (exact) mass is 458 g/mol. The number of hydrogen-bond donors (Lipinski definition) is 0. The summed E-state index contributed by atoms with van der Waals surface area (Å²) >= 11 is 6.80. The molecule has 0 fully saturated rings. The number of halogens is 2. The second-order valence-corrected chi connectivity index (χ2v) is 8.17. The van der Waals surface area contributed by atoms with E-state index in [2.05, 4.69) is 31.9 Å². The van der Waals surface area contributed by atoms with Crippen LogP contribution in [0.1, 0.15) is 23.3 Å². The zero-order chi connectivity index (χ0) is 16.8. The van der Waals surface area contributed by atoms with Crippen molar-refractivity contribution in [1.29, 1.82) is 0 Å². The van der Waals surface area contributed by atoms with Crippen molar-refractivity contribution in [1.82, 2.24) is 0 Å². The van der Waals surface area contributed by atoms with Crippen LogP contribution < -0.4 is 0 Å². The maximum atomic E-state index is 12.8. The van der Waals surface area contributed by atoms with E-state index < -0.39 is 16.8 Å². The standard InChI is InChI=1S/C17H16Br2O3S/c1-2-22-16(20)11-23(21)17(12-3-7-14(18)8-4-12)13-5-9-15(19)10-6-13/h3-10,17H,2,11H2,1H3. The molecule has 6 heteroatoms. The van der Waals surface area contributed by atoms with Crippen LogP contribution in [0, 0.1) is 0 Å². The number of carbonyl (C=O) groups excluding carboxylic acids is 1. The van der Waals surface area contributed by atoms with Crippen LogP contribution in [-0.2, 0) is 20.3 Å². The Balaban J connectivity index is 2.34. The Kier molecular flexibility index (Phi) is 6.99. The summed E-state index contributed by atoms with van der Waals surface area (Å²) in [6.07, 6.45) is 0. The lowest BCUT2D eigenvalue weighted by Gasteiger charge is -2.17. The van der Waals surface area contributed by atoms with Gasteiger partial charge in [-0.3, -0.25) is 9.00 Å². The van der Waals surface area contributed by atoms with Gasteiger partial charge in [0.25, 0.3) is 0 Å². The number of hydrogen-bond acceptors (Lipinski definition) is 3. The molecule has 0 saturated carbocycles. The summed E-state index contributed by atoms with van der Waals surface area (Å²) in [5, 5.41) is -0.374. The summed E-state index contributed by atoms with van der Waals surface area (Å²) in [5.74, 6) is -0.560. The molecule has 0 amide bonds. The van der Waals surface area contributed by atoms with Gasteiger partial charge in [-0.15, -0.1) is 0 Å². The van der Waals surface area contributed by atoms with E-state index in [4.69, 9.17) is 4.74 Å². The highest BCUT2D eigenvalue weighted by atomic mass is 79.9. The van der Waals surface area contributed by atoms with Crippen LogP contribution in [0.5, 0.6) is 0 Å². The molecular weight excluding hydrogens is 444 g/mol. The summed E-state index contributed by atoms with van der Waals surface area (Å²) in [6.45, 7) is 2.03. The number of rotatable bonds is 6. The van der Waals surface area contributed by atoms with Crippen LogP contribution in [-0.4, -0.2) is 22.5 Å². The van der Waals surface area contributed by atoms with Crippen molar-refractivity contribution in [3.05, 3.63) is 68.6 Å². The number of carbonyl (C=O) groups is 1. The van der Waals surface area contributed by atoms with E-state index in [9.17, 15) is 9.00 Å². The summed E-state index contributed by atoms with van der Waals surface area (Å²) in [6, 6.07) is 15.3. The van der Waals surface area contributed by atoms with Gasteiger partial charge in [-0.25, -0.2) is 0 Å². The molecule has 0 aliphatic rings. The van der Waals surface area contributed by atoms with Gasteiger partial charge in [0.05, 0.1) is 11.9 Å². The van der Waals surface area contributed by atoms with E-state index in [1.165, 1.54) is 0 Å². The van der Waals surface area contributed by atoms with Gasteiger partial charge in [0, 0.05) is 19.7 Å². The maximum Gasteiger partial charge on any atom is 0.318 e. The minimum atomic E-state index is -1.41. The Morgan fingerprint density at radius 2 is 1.43 bits per heavy atom. The Morgan fingerprint density at radius 3 is 1.83 bits per heavy atom. The summed E-state index contributed by atoms with van der Waals surface area (Å²) in [7, 11) is -1.41. The molecule has 0 radical (unpaired) electrons. The van der Waals surface area contributed by atoms with Gasteiger partial charge in [-0.2, -0.15) is 0 Å². The van der Waals surface area contributed by atoms with E-state index in [1.807, 2.05) is 48.5 Å². The molecular formula is C17H16Br2O3S. The third-order valence-electron chi connectivity index (χ3n) is 3.17. The molecule has 0 aliphatic carbocycles. The Bertz CT molecular complexity index is 638. The molecule has 0 bridgehead atoms. The van der Waals surface area contributed by atoms with Crippen molar-refractivity contribution in [2.45, 2.75) is 12.2 Å². The molecule has 1 atom stereocenters. The molecule has 2 rings (SSSR count). The van der Waals surface area contributed by atoms with Crippen LogP contribution in [0.25, 0.3) is 0 Å². The molecule has 0 heterocycles. The van der Waals surface area contributed by atoms with E-state index >= 15 is 0 Å². The smallest absolute Gasteiger partial charge is 0.318 e. The highest BCUT2D eigenvalue weighted by Crippen LogP contribution is 2.30. The van der Waals surface area contributed by atoms with Gasteiger partial charge in [-0.05, 0) is 42.3 Å². The molecule has 0 saturated heterocycles. The van der Waals surface area contributed by atoms with Gasteiger partial charge in [0.15, 0.2) is 0 Å². The van der Waals surface area contributed by atoms with E-state index in [0.717, 1.165) is 20.1 Å².